The smallest absolute Gasteiger partial charge is 0.115 e. The highest BCUT2D eigenvalue weighted by atomic mass is 16.3. The largest absolute Gasteiger partial charge is 0.508 e. The highest BCUT2D eigenvalue weighted by molar-refractivity contribution is 5.37. The van der Waals surface area contributed by atoms with Crippen LogP contribution < -0.4 is 0 Å². The van der Waals surface area contributed by atoms with Crippen LogP contribution in [-0.2, 0) is 25.7 Å². The molecular weight excluding hydrogens is 348 g/mol. The Morgan fingerprint density at radius 2 is 1.00 bits per heavy atom. The second-order valence-electron chi connectivity index (χ2n) is 7.98. The molecule has 0 fully saturated rings. The second kappa shape index (κ2) is 8.80. The molecule has 0 amide bonds. The van der Waals surface area contributed by atoms with Crippen molar-refractivity contribution in [1.82, 2.24) is 9.80 Å². The molecule has 0 aliphatic carbocycles. The average Bonchev–Trinajstić information content (AvgIpc) is 3.01. The molecule has 4 rings (SSSR count). The van der Waals surface area contributed by atoms with Crippen LogP contribution in [0.4, 0.5) is 0 Å². The normalized spacial score (nSPS) is 18.4. The van der Waals surface area contributed by atoms with Crippen LogP contribution in [0, 0.1) is 0 Å². The van der Waals surface area contributed by atoms with Crippen molar-refractivity contribution in [2.45, 2.75) is 25.7 Å². The van der Waals surface area contributed by atoms with Crippen molar-refractivity contribution >= 4 is 0 Å². The van der Waals surface area contributed by atoms with Gasteiger partial charge >= 0.3 is 0 Å². The summed E-state index contributed by atoms with van der Waals surface area (Å²) in [5.74, 6) is 0.754. The van der Waals surface area contributed by atoms with Crippen LogP contribution in [0.1, 0.15) is 22.3 Å². The number of rotatable bonds is 4. The molecule has 0 unspecified atom stereocenters. The third-order valence-corrected chi connectivity index (χ3v) is 6.06. The maximum atomic E-state index is 9.69. The van der Waals surface area contributed by atoms with E-state index in [4.69, 9.17) is 0 Å². The predicted octanol–water partition coefficient (Wildman–Crippen LogP) is 3.16. The fourth-order valence-electron chi connectivity index (χ4n) is 4.33. The minimum absolute atomic E-state index is 0.377. The highest BCUT2D eigenvalue weighted by Crippen LogP contribution is 2.22. The van der Waals surface area contributed by atoms with Crippen LogP contribution in [0.15, 0.2) is 48.6 Å². The molecule has 0 aromatic heterocycles. The van der Waals surface area contributed by atoms with E-state index in [9.17, 15) is 10.2 Å². The van der Waals surface area contributed by atoms with E-state index in [1.807, 2.05) is 12.1 Å². The van der Waals surface area contributed by atoms with Gasteiger partial charge in [0.15, 0.2) is 0 Å². The lowest BCUT2D eigenvalue weighted by Gasteiger charge is -2.19. The van der Waals surface area contributed by atoms with Crippen molar-refractivity contribution in [2.75, 3.05) is 39.3 Å². The molecule has 4 nitrogen and oxygen atoms in total. The Bertz CT molecular complexity index is 777. The van der Waals surface area contributed by atoms with Crippen LogP contribution >= 0.6 is 0 Å². The van der Waals surface area contributed by atoms with Crippen molar-refractivity contribution in [1.29, 1.82) is 0 Å². The van der Waals surface area contributed by atoms with Crippen molar-refractivity contribution in [3.8, 4) is 11.5 Å². The summed E-state index contributed by atoms with van der Waals surface area (Å²) in [4.78, 5) is 4.99. The fourth-order valence-corrected chi connectivity index (χ4v) is 4.33. The molecule has 2 aliphatic rings. The number of hydrogen-bond donors (Lipinski definition) is 2. The zero-order valence-corrected chi connectivity index (χ0v) is 16.5. The second-order valence-corrected chi connectivity index (χ2v) is 7.98. The molecule has 2 N–H and O–H groups in total. The van der Waals surface area contributed by atoms with Gasteiger partial charge in [0.1, 0.15) is 11.5 Å². The van der Waals surface area contributed by atoms with Gasteiger partial charge < -0.3 is 10.2 Å². The lowest BCUT2D eigenvalue weighted by atomic mass is 10.0. The van der Waals surface area contributed by atoms with Crippen molar-refractivity contribution in [3.63, 3.8) is 0 Å². The molecule has 2 aliphatic heterocycles. The number of phenols is 2. The summed E-state index contributed by atoms with van der Waals surface area (Å²) in [5.41, 5.74) is 5.34. The Labute approximate surface area is 167 Å². The molecule has 28 heavy (non-hydrogen) atoms. The maximum absolute atomic E-state index is 9.69. The van der Waals surface area contributed by atoms with Gasteiger partial charge in [-0.2, -0.15) is 0 Å². The van der Waals surface area contributed by atoms with Crippen LogP contribution in [0.3, 0.4) is 0 Å². The molecule has 4 heteroatoms. The first-order valence-electron chi connectivity index (χ1n) is 10.4. The number of benzene rings is 2. The number of phenolic OH excluding ortho intramolecular Hbond substituents is 2. The first-order chi connectivity index (χ1) is 13.7. The molecule has 0 saturated heterocycles. The van der Waals surface area contributed by atoms with Crippen LogP contribution in [0.25, 0.3) is 0 Å². The van der Waals surface area contributed by atoms with E-state index in [1.165, 1.54) is 22.3 Å². The monoisotopic (exact) mass is 378 g/mol. The summed E-state index contributed by atoms with van der Waals surface area (Å²) >= 11 is 0. The van der Waals surface area contributed by atoms with Crippen LogP contribution in [0.2, 0.25) is 0 Å². The fraction of sp³-hybridized carbons (Fsp3) is 0.417. The van der Waals surface area contributed by atoms with Gasteiger partial charge in [0.25, 0.3) is 0 Å². The molecule has 2 aromatic rings. The number of nitrogens with zero attached hydrogens (tertiary/aromatic N) is 2. The summed E-state index contributed by atoms with van der Waals surface area (Å²) in [7, 11) is 0. The van der Waals surface area contributed by atoms with Crippen molar-refractivity contribution in [2.24, 2.45) is 0 Å². The van der Waals surface area contributed by atoms with E-state index in [0.29, 0.717) is 11.5 Å². The molecule has 0 bridgehead atoms. The minimum Gasteiger partial charge on any atom is -0.508 e. The van der Waals surface area contributed by atoms with Crippen LogP contribution in [0.5, 0.6) is 11.5 Å². The Balaban J connectivity index is 1.24. The van der Waals surface area contributed by atoms with E-state index in [1.54, 1.807) is 12.1 Å². The molecule has 2 aromatic carbocycles. The highest BCUT2D eigenvalue weighted by Gasteiger charge is 2.15. The Morgan fingerprint density at radius 1 is 0.607 bits per heavy atom. The zero-order valence-electron chi connectivity index (χ0n) is 16.5. The summed E-state index contributed by atoms with van der Waals surface area (Å²) < 4.78 is 0. The number of aromatic hydroxyl groups is 2. The van der Waals surface area contributed by atoms with Gasteiger partial charge in [-0.25, -0.2) is 0 Å². The Hall–Kier alpha value is -2.30. The SMILES string of the molecule is Oc1ccc2c(c1)CCN(C/C=C/CN1CCc3ccc(O)cc3CC1)CC2. The minimum atomic E-state index is 0.377. The van der Waals surface area contributed by atoms with E-state index < -0.39 is 0 Å². The van der Waals surface area contributed by atoms with Gasteiger partial charge in [0.05, 0.1) is 0 Å². The molecule has 2 heterocycles. The van der Waals surface area contributed by atoms with E-state index in [-0.39, 0.29) is 0 Å². The number of fused-ring (bicyclic) bond motifs is 2. The third-order valence-electron chi connectivity index (χ3n) is 6.06. The Morgan fingerprint density at radius 3 is 1.43 bits per heavy atom. The molecule has 0 spiro atoms. The summed E-state index contributed by atoms with van der Waals surface area (Å²) in [6, 6.07) is 11.6. The lowest BCUT2D eigenvalue weighted by Crippen LogP contribution is -2.28. The molecule has 0 atom stereocenters. The maximum Gasteiger partial charge on any atom is 0.115 e. The number of hydrogen-bond acceptors (Lipinski definition) is 4. The average molecular weight is 379 g/mol. The third kappa shape index (κ3) is 4.75. The van der Waals surface area contributed by atoms with Gasteiger partial charge in [-0.05, 0) is 72.2 Å². The first kappa shape index (κ1) is 19.0. The predicted molar refractivity (Wildman–Crippen MR) is 113 cm³/mol. The zero-order chi connectivity index (χ0) is 19.3. The summed E-state index contributed by atoms with van der Waals surface area (Å²) in [6.45, 7) is 6.21. The molecule has 0 radical (unpaired) electrons. The molecular formula is C24H30N2O2. The van der Waals surface area contributed by atoms with E-state index in [0.717, 1.165) is 65.0 Å². The molecule has 0 saturated carbocycles. The van der Waals surface area contributed by atoms with Crippen molar-refractivity contribution < 1.29 is 10.2 Å². The Kier molecular flexibility index (Phi) is 5.98. The summed E-state index contributed by atoms with van der Waals surface area (Å²) in [5, 5.41) is 19.4. The van der Waals surface area contributed by atoms with Crippen LogP contribution in [-0.4, -0.2) is 59.3 Å². The van der Waals surface area contributed by atoms with Crippen molar-refractivity contribution in [3.05, 3.63) is 70.8 Å². The van der Waals surface area contributed by atoms with E-state index >= 15 is 0 Å². The van der Waals surface area contributed by atoms with Gasteiger partial charge in [-0.1, -0.05) is 24.3 Å². The van der Waals surface area contributed by atoms with Gasteiger partial charge in [0, 0.05) is 39.3 Å². The lowest BCUT2D eigenvalue weighted by molar-refractivity contribution is 0.310. The van der Waals surface area contributed by atoms with Gasteiger partial charge in [-0.3, -0.25) is 9.80 Å². The van der Waals surface area contributed by atoms with E-state index in [2.05, 4.69) is 34.1 Å². The van der Waals surface area contributed by atoms with Gasteiger partial charge in [-0.15, -0.1) is 0 Å². The topological polar surface area (TPSA) is 46.9 Å². The standard InChI is InChI=1S/C24H30N2O2/c27-23-5-3-19-7-13-25(15-9-21(19)17-23)11-1-2-12-26-14-8-20-4-6-24(28)18-22(20)10-16-26/h1-6,17-18,27-28H,7-16H2/b2-1+. The molecule has 148 valence electrons. The quantitative estimate of drug-likeness (QED) is 0.803. The summed E-state index contributed by atoms with van der Waals surface area (Å²) in [6.07, 6.45) is 8.74. The van der Waals surface area contributed by atoms with Gasteiger partial charge in [0.2, 0.25) is 0 Å². The first-order valence-corrected chi connectivity index (χ1v) is 10.4.